The summed E-state index contributed by atoms with van der Waals surface area (Å²) in [5.41, 5.74) is 0.836. The summed E-state index contributed by atoms with van der Waals surface area (Å²) >= 11 is 3.44. The highest BCUT2D eigenvalue weighted by molar-refractivity contribution is 9.10. The van der Waals surface area contributed by atoms with Crippen molar-refractivity contribution < 1.29 is 8.42 Å². The molecule has 0 radical (unpaired) electrons. The summed E-state index contributed by atoms with van der Waals surface area (Å²) in [4.78, 5) is 8.61. The molecule has 0 amide bonds. The zero-order chi connectivity index (χ0) is 13.9. The van der Waals surface area contributed by atoms with Gasteiger partial charge in [-0.1, -0.05) is 13.3 Å². The molecule has 0 aliphatic heterocycles. The number of halogens is 1. The number of nitrogens with one attached hydrogen (secondary N) is 1. The highest BCUT2D eigenvalue weighted by atomic mass is 79.9. The number of sulfone groups is 1. The molecule has 1 aromatic rings. The van der Waals surface area contributed by atoms with E-state index >= 15 is 0 Å². The molecular formula is C11H18BrN3O2S. The van der Waals surface area contributed by atoms with Gasteiger partial charge in [-0.15, -0.1) is 0 Å². The summed E-state index contributed by atoms with van der Waals surface area (Å²) in [5, 5.41) is 2.25. The van der Waals surface area contributed by atoms with Crippen LogP contribution < -0.4 is 5.32 Å². The minimum Gasteiger partial charge on any atom is -0.372 e. The zero-order valence-corrected chi connectivity index (χ0v) is 13.4. The monoisotopic (exact) mass is 335 g/mol. The van der Waals surface area contributed by atoms with Crippen molar-refractivity contribution in [1.82, 2.24) is 9.97 Å². The van der Waals surface area contributed by atoms with Crippen molar-refractivity contribution in [2.45, 2.75) is 31.9 Å². The summed E-state index contributed by atoms with van der Waals surface area (Å²) in [7, 11) is -1.45. The second-order valence-corrected chi connectivity index (χ2v) is 7.32. The van der Waals surface area contributed by atoms with Gasteiger partial charge in [-0.25, -0.2) is 18.4 Å². The molecule has 0 spiro atoms. The van der Waals surface area contributed by atoms with Crippen molar-refractivity contribution in [3.8, 4) is 0 Å². The van der Waals surface area contributed by atoms with Crippen LogP contribution in [0.15, 0.2) is 4.47 Å². The quantitative estimate of drug-likeness (QED) is 0.894. The molecule has 0 bridgehead atoms. The number of hydrogen-bond donors (Lipinski definition) is 1. The van der Waals surface area contributed by atoms with Gasteiger partial charge in [-0.3, -0.25) is 0 Å². The Labute approximate surface area is 116 Å². The summed E-state index contributed by atoms with van der Waals surface area (Å²) in [6, 6.07) is 0. The lowest BCUT2D eigenvalue weighted by Crippen LogP contribution is -2.14. The number of nitrogens with zero attached hydrogens (tertiary/aromatic N) is 2. The van der Waals surface area contributed by atoms with Gasteiger partial charge in [0.15, 0.2) is 9.84 Å². The van der Waals surface area contributed by atoms with Crippen LogP contribution in [0.1, 0.15) is 37.0 Å². The summed E-state index contributed by atoms with van der Waals surface area (Å²) in [5.74, 6) is 0.965. The fourth-order valence-electron chi connectivity index (χ4n) is 1.45. The predicted molar refractivity (Wildman–Crippen MR) is 76.5 cm³/mol. The largest absolute Gasteiger partial charge is 0.372 e. The molecule has 5 nitrogen and oxygen atoms in total. The lowest BCUT2D eigenvalue weighted by Gasteiger charge is -2.13. The van der Waals surface area contributed by atoms with Crippen LogP contribution >= 0.6 is 15.9 Å². The van der Waals surface area contributed by atoms with Gasteiger partial charge in [0, 0.05) is 13.3 Å². The van der Waals surface area contributed by atoms with Gasteiger partial charge < -0.3 is 5.32 Å². The maximum absolute atomic E-state index is 11.6. The molecule has 7 heteroatoms. The molecule has 0 fully saturated rings. The van der Waals surface area contributed by atoms with Gasteiger partial charge in [0.1, 0.15) is 16.9 Å². The van der Waals surface area contributed by atoms with E-state index in [-0.39, 0.29) is 0 Å². The topological polar surface area (TPSA) is 72.0 Å². The first kappa shape index (κ1) is 15.4. The van der Waals surface area contributed by atoms with Gasteiger partial charge in [0.2, 0.25) is 0 Å². The molecule has 1 N–H and O–H groups in total. The van der Waals surface area contributed by atoms with Crippen molar-refractivity contribution in [2.24, 2.45) is 0 Å². The molecule has 1 atom stereocenters. The predicted octanol–water partition coefficient (Wildman–Crippen LogP) is 2.34. The van der Waals surface area contributed by atoms with Crippen LogP contribution in [0.2, 0.25) is 0 Å². The summed E-state index contributed by atoms with van der Waals surface area (Å²) < 4.78 is 23.9. The number of aryl methyl sites for hydroxylation is 1. The molecule has 0 saturated carbocycles. The molecule has 1 aromatic heterocycles. The lowest BCUT2D eigenvalue weighted by molar-refractivity contribution is 0.588. The molecular weight excluding hydrogens is 318 g/mol. The van der Waals surface area contributed by atoms with E-state index in [9.17, 15) is 8.42 Å². The molecule has 1 unspecified atom stereocenters. The minimum absolute atomic E-state index is 0.341. The van der Waals surface area contributed by atoms with E-state index in [0.717, 1.165) is 23.0 Å². The second kappa shape index (κ2) is 5.97. The van der Waals surface area contributed by atoms with Crippen molar-refractivity contribution in [1.29, 1.82) is 0 Å². The van der Waals surface area contributed by atoms with Crippen molar-refractivity contribution in [3.05, 3.63) is 16.0 Å². The van der Waals surface area contributed by atoms with E-state index in [1.807, 2.05) is 6.92 Å². The van der Waals surface area contributed by atoms with E-state index in [0.29, 0.717) is 11.6 Å². The standard InChI is InChI=1S/C11H18BrN3O2S/c1-5-6-8-9(12)11(13-3)15-10(14-8)7(2)18(4,16)17/h7H,5-6H2,1-4H3,(H,13,14,15). The SMILES string of the molecule is CCCc1nc(C(C)S(C)(=O)=O)nc(NC)c1Br. The Morgan fingerprint density at radius 2 is 2.00 bits per heavy atom. The third kappa shape index (κ3) is 3.41. The number of aromatic nitrogens is 2. The Morgan fingerprint density at radius 3 is 2.44 bits per heavy atom. The Kier molecular flexibility index (Phi) is 5.10. The van der Waals surface area contributed by atoms with E-state index in [1.165, 1.54) is 6.26 Å². The zero-order valence-electron chi connectivity index (χ0n) is 11.0. The first-order valence-electron chi connectivity index (χ1n) is 5.74. The van der Waals surface area contributed by atoms with Crippen molar-refractivity contribution >= 4 is 31.6 Å². The first-order chi connectivity index (χ1) is 8.31. The van der Waals surface area contributed by atoms with E-state index < -0.39 is 15.1 Å². The molecule has 0 aliphatic rings. The second-order valence-electron chi connectivity index (χ2n) is 4.16. The van der Waals surface area contributed by atoms with Crippen LogP contribution in [0.25, 0.3) is 0 Å². The van der Waals surface area contributed by atoms with Gasteiger partial charge in [-0.05, 0) is 29.3 Å². The van der Waals surface area contributed by atoms with E-state index in [2.05, 4.69) is 31.2 Å². The Hall–Kier alpha value is -0.690. The highest BCUT2D eigenvalue weighted by Crippen LogP contribution is 2.27. The van der Waals surface area contributed by atoms with E-state index in [4.69, 9.17) is 0 Å². The summed E-state index contributed by atoms with van der Waals surface area (Å²) in [6.07, 6.45) is 2.91. The van der Waals surface area contributed by atoms with Crippen LogP contribution in [-0.2, 0) is 16.3 Å². The average Bonchev–Trinajstić information content (AvgIpc) is 2.30. The van der Waals surface area contributed by atoms with Crippen LogP contribution in [0.4, 0.5) is 5.82 Å². The summed E-state index contributed by atoms with van der Waals surface area (Å²) in [6.45, 7) is 3.65. The van der Waals surface area contributed by atoms with Crippen LogP contribution in [0.3, 0.4) is 0 Å². The fourth-order valence-corrected chi connectivity index (χ4v) is 2.52. The first-order valence-corrected chi connectivity index (χ1v) is 8.48. The maximum atomic E-state index is 11.6. The number of anilines is 1. The third-order valence-electron chi connectivity index (χ3n) is 2.67. The highest BCUT2D eigenvalue weighted by Gasteiger charge is 2.22. The molecule has 18 heavy (non-hydrogen) atoms. The van der Waals surface area contributed by atoms with Gasteiger partial charge >= 0.3 is 0 Å². The Morgan fingerprint density at radius 1 is 1.39 bits per heavy atom. The van der Waals surface area contributed by atoms with Crippen LogP contribution in [-0.4, -0.2) is 31.7 Å². The number of hydrogen-bond acceptors (Lipinski definition) is 5. The third-order valence-corrected chi connectivity index (χ3v) is 5.00. The lowest BCUT2D eigenvalue weighted by atomic mass is 10.2. The van der Waals surface area contributed by atoms with Gasteiger partial charge in [0.25, 0.3) is 0 Å². The van der Waals surface area contributed by atoms with Crippen molar-refractivity contribution in [3.63, 3.8) is 0 Å². The fraction of sp³-hybridized carbons (Fsp3) is 0.636. The average molecular weight is 336 g/mol. The number of rotatable bonds is 5. The smallest absolute Gasteiger partial charge is 0.157 e. The molecule has 1 heterocycles. The van der Waals surface area contributed by atoms with Gasteiger partial charge in [-0.2, -0.15) is 0 Å². The van der Waals surface area contributed by atoms with E-state index in [1.54, 1.807) is 14.0 Å². The molecule has 0 aromatic carbocycles. The molecule has 0 saturated heterocycles. The molecule has 1 rings (SSSR count). The minimum atomic E-state index is -3.19. The van der Waals surface area contributed by atoms with Crippen LogP contribution in [0, 0.1) is 0 Å². The molecule has 0 aliphatic carbocycles. The van der Waals surface area contributed by atoms with Crippen molar-refractivity contribution in [2.75, 3.05) is 18.6 Å². The Bertz CT molecular complexity index is 531. The normalized spacial score (nSPS) is 13.4. The van der Waals surface area contributed by atoms with Gasteiger partial charge in [0.05, 0.1) is 10.2 Å². The molecule has 102 valence electrons. The maximum Gasteiger partial charge on any atom is 0.157 e. The van der Waals surface area contributed by atoms with Crippen LogP contribution in [0.5, 0.6) is 0 Å². The Balaban J connectivity index is 3.34.